The van der Waals surface area contributed by atoms with Gasteiger partial charge in [0.1, 0.15) is 0 Å². The zero-order chi connectivity index (χ0) is 18.4. The maximum absolute atomic E-state index is 12.6. The zero-order valence-corrected chi connectivity index (χ0v) is 16.2. The van der Waals surface area contributed by atoms with Crippen molar-refractivity contribution in [2.45, 2.75) is 43.4 Å². The molecule has 2 N–H and O–H groups in total. The lowest BCUT2D eigenvalue weighted by Crippen LogP contribution is -3.10. The molecule has 2 aliphatic heterocycles. The number of nitrogens with zero attached hydrogens (tertiary/aromatic N) is 1. The smallest absolute Gasteiger partial charge is 0.251 e. The second-order valence-corrected chi connectivity index (χ2v) is 9.24. The molecule has 0 radical (unpaired) electrons. The fraction of sp³-hybridized carbons (Fsp3) is 0.632. The van der Waals surface area contributed by atoms with E-state index in [1.807, 2.05) is 0 Å². The third-order valence-electron chi connectivity index (χ3n) is 5.37. The summed E-state index contributed by atoms with van der Waals surface area (Å²) in [6.07, 6.45) is 6.52. The number of rotatable bonds is 7. The first-order chi connectivity index (χ1) is 12.6. The number of hydrogen-bond donors (Lipinski definition) is 2. The summed E-state index contributed by atoms with van der Waals surface area (Å²) >= 11 is 0. The van der Waals surface area contributed by atoms with E-state index in [2.05, 4.69) is 5.32 Å². The highest BCUT2D eigenvalue weighted by molar-refractivity contribution is 7.89. The molecule has 3 rings (SSSR count). The third kappa shape index (κ3) is 4.84. The molecule has 2 heterocycles. The second-order valence-electron chi connectivity index (χ2n) is 7.31. The highest BCUT2D eigenvalue weighted by atomic mass is 32.2. The van der Waals surface area contributed by atoms with E-state index in [0.29, 0.717) is 25.2 Å². The Labute approximate surface area is 156 Å². The molecule has 7 heteroatoms. The molecule has 144 valence electrons. The van der Waals surface area contributed by atoms with Gasteiger partial charge >= 0.3 is 0 Å². The second kappa shape index (κ2) is 8.97. The molecule has 0 spiro atoms. The van der Waals surface area contributed by atoms with Crippen molar-refractivity contribution in [3.8, 4) is 0 Å². The van der Waals surface area contributed by atoms with Gasteiger partial charge in [-0.25, -0.2) is 8.42 Å². The number of nitrogens with one attached hydrogen (secondary N) is 2. The molecule has 2 fully saturated rings. The van der Waals surface area contributed by atoms with Crippen molar-refractivity contribution in [2.75, 3.05) is 39.3 Å². The Bertz CT molecular complexity index is 691. The molecule has 0 atom stereocenters. The Morgan fingerprint density at radius 3 is 2.31 bits per heavy atom. The average molecular weight is 381 g/mol. The Morgan fingerprint density at radius 2 is 1.65 bits per heavy atom. The standard InChI is InChI=1S/C19H29N3O3S/c23-19(20-11-6-14-21-12-4-5-13-21)17-7-9-18(10-8-17)26(24,25)22-15-2-1-3-16-22/h7-10H,1-6,11-16H2,(H,20,23)/p+1. The van der Waals surface area contributed by atoms with Crippen molar-refractivity contribution in [3.63, 3.8) is 0 Å². The first kappa shape index (κ1) is 19.3. The lowest BCUT2D eigenvalue weighted by atomic mass is 10.2. The summed E-state index contributed by atoms with van der Waals surface area (Å²) in [5, 5.41) is 2.93. The van der Waals surface area contributed by atoms with E-state index >= 15 is 0 Å². The first-order valence-corrected chi connectivity index (χ1v) is 11.2. The molecule has 1 amide bonds. The van der Waals surface area contributed by atoms with Crippen molar-refractivity contribution in [3.05, 3.63) is 29.8 Å². The highest BCUT2D eigenvalue weighted by Gasteiger charge is 2.25. The van der Waals surface area contributed by atoms with Crippen LogP contribution in [0.4, 0.5) is 0 Å². The maximum atomic E-state index is 12.6. The van der Waals surface area contributed by atoms with Gasteiger partial charge in [0.25, 0.3) is 5.91 Å². The number of carbonyl (C=O) groups excluding carboxylic acids is 1. The predicted octanol–water partition coefficient (Wildman–Crippen LogP) is 0.660. The zero-order valence-electron chi connectivity index (χ0n) is 15.4. The summed E-state index contributed by atoms with van der Waals surface area (Å²) in [6.45, 7) is 5.44. The highest BCUT2D eigenvalue weighted by Crippen LogP contribution is 2.20. The largest absolute Gasteiger partial charge is 0.352 e. The first-order valence-electron chi connectivity index (χ1n) is 9.79. The SMILES string of the molecule is O=C(NCCC[NH+]1CCCC1)c1ccc(S(=O)(=O)N2CCCCC2)cc1. The molecular formula is C19H30N3O3S+. The fourth-order valence-electron chi connectivity index (χ4n) is 3.80. The van der Waals surface area contributed by atoms with Crippen molar-refractivity contribution in [1.82, 2.24) is 9.62 Å². The van der Waals surface area contributed by atoms with Crippen LogP contribution in [0.3, 0.4) is 0 Å². The van der Waals surface area contributed by atoms with E-state index < -0.39 is 10.0 Å². The Morgan fingerprint density at radius 1 is 1.00 bits per heavy atom. The van der Waals surface area contributed by atoms with Gasteiger partial charge in [-0.15, -0.1) is 0 Å². The third-order valence-corrected chi connectivity index (χ3v) is 7.29. The maximum Gasteiger partial charge on any atom is 0.251 e. The van der Waals surface area contributed by atoms with Gasteiger partial charge in [-0.05, 0) is 37.1 Å². The molecule has 0 aromatic heterocycles. The number of sulfonamides is 1. The summed E-state index contributed by atoms with van der Waals surface area (Å²) in [6, 6.07) is 6.32. The molecule has 6 nitrogen and oxygen atoms in total. The topological polar surface area (TPSA) is 70.9 Å². The summed E-state index contributed by atoms with van der Waals surface area (Å²) in [4.78, 5) is 14.1. The van der Waals surface area contributed by atoms with Gasteiger partial charge in [-0.3, -0.25) is 4.79 Å². The summed E-state index contributed by atoms with van der Waals surface area (Å²) in [7, 11) is -3.44. The molecule has 0 aliphatic carbocycles. The number of hydrogen-bond acceptors (Lipinski definition) is 3. The number of carbonyl (C=O) groups is 1. The molecule has 2 aliphatic rings. The van der Waals surface area contributed by atoms with Crippen LogP contribution in [-0.2, 0) is 10.0 Å². The normalized spacial score (nSPS) is 19.5. The van der Waals surface area contributed by atoms with Crippen molar-refractivity contribution < 1.29 is 18.1 Å². The Kier molecular flexibility index (Phi) is 6.67. The average Bonchev–Trinajstić information content (AvgIpc) is 3.19. The summed E-state index contributed by atoms with van der Waals surface area (Å²) < 4.78 is 26.8. The fourth-order valence-corrected chi connectivity index (χ4v) is 5.32. The van der Waals surface area contributed by atoms with E-state index in [1.165, 1.54) is 25.9 Å². The Hall–Kier alpha value is -1.44. The van der Waals surface area contributed by atoms with E-state index in [1.54, 1.807) is 33.5 Å². The molecule has 26 heavy (non-hydrogen) atoms. The van der Waals surface area contributed by atoms with Gasteiger partial charge in [0.2, 0.25) is 10.0 Å². The van der Waals surface area contributed by atoms with E-state index in [4.69, 9.17) is 0 Å². The van der Waals surface area contributed by atoms with Gasteiger partial charge in [0.05, 0.1) is 24.5 Å². The van der Waals surface area contributed by atoms with Crippen LogP contribution in [0.5, 0.6) is 0 Å². The van der Waals surface area contributed by atoms with E-state index in [-0.39, 0.29) is 10.8 Å². The van der Waals surface area contributed by atoms with Crippen LogP contribution < -0.4 is 10.2 Å². The van der Waals surface area contributed by atoms with Gasteiger partial charge in [-0.2, -0.15) is 4.31 Å². The van der Waals surface area contributed by atoms with Crippen LogP contribution in [0.1, 0.15) is 48.9 Å². The quantitative estimate of drug-likeness (QED) is 0.683. The molecule has 0 bridgehead atoms. The molecule has 2 saturated heterocycles. The molecule has 1 aromatic carbocycles. The van der Waals surface area contributed by atoms with Gasteiger partial charge < -0.3 is 10.2 Å². The van der Waals surface area contributed by atoms with E-state index in [0.717, 1.165) is 32.2 Å². The monoisotopic (exact) mass is 380 g/mol. The van der Waals surface area contributed by atoms with Crippen LogP contribution in [-0.4, -0.2) is 57.9 Å². The number of likely N-dealkylation sites (tertiary alicyclic amines) is 1. The van der Waals surface area contributed by atoms with Gasteiger partial charge in [0.15, 0.2) is 0 Å². The number of amides is 1. The molecule has 0 saturated carbocycles. The molecule has 1 aromatic rings. The van der Waals surface area contributed by atoms with Crippen molar-refractivity contribution in [2.24, 2.45) is 0 Å². The summed E-state index contributed by atoms with van der Waals surface area (Å²) in [5.74, 6) is -0.136. The van der Waals surface area contributed by atoms with Crippen LogP contribution in [0, 0.1) is 0 Å². The number of piperidine rings is 1. The van der Waals surface area contributed by atoms with Crippen LogP contribution in [0.2, 0.25) is 0 Å². The molecule has 0 unspecified atom stereocenters. The van der Waals surface area contributed by atoms with Gasteiger partial charge in [0, 0.05) is 44.5 Å². The van der Waals surface area contributed by atoms with Crippen LogP contribution >= 0.6 is 0 Å². The van der Waals surface area contributed by atoms with Gasteiger partial charge in [-0.1, -0.05) is 6.42 Å². The van der Waals surface area contributed by atoms with Crippen LogP contribution in [0.15, 0.2) is 29.2 Å². The van der Waals surface area contributed by atoms with E-state index in [9.17, 15) is 13.2 Å². The van der Waals surface area contributed by atoms with Crippen LogP contribution in [0.25, 0.3) is 0 Å². The minimum absolute atomic E-state index is 0.136. The lowest BCUT2D eigenvalue weighted by molar-refractivity contribution is -0.887. The number of quaternary nitrogens is 1. The minimum Gasteiger partial charge on any atom is -0.352 e. The summed E-state index contributed by atoms with van der Waals surface area (Å²) in [5.41, 5.74) is 0.510. The molecular weight excluding hydrogens is 350 g/mol. The number of benzene rings is 1. The van der Waals surface area contributed by atoms with Crippen molar-refractivity contribution in [1.29, 1.82) is 0 Å². The van der Waals surface area contributed by atoms with Crippen molar-refractivity contribution >= 4 is 15.9 Å². The predicted molar refractivity (Wildman–Crippen MR) is 101 cm³/mol. The lowest BCUT2D eigenvalue weighted by Gasteiger charge is -2.25. The minimum atomic E-state index is -3.44. The Balaban J connectivity index is 1.50.